The summed E-state index contributed by atoms with van der Waals surface area (Å²) >= 11 is 11.9. The van der Waals surface area contributed by atoms with Crippen molar-refractivity contribution in [2.24, 2.45) is 0 Å². The number of rotatable bonds is 4. The number of ether oxygens (including phenoxy) is 1. The van der Waals surface area contributed by atoms with Gasteiger partial charge >= 0.3 is 0 Å². The second-order valence-electron chi connectivity index (χ2n) is 5.19. The SMILES string of the molecule is O=C(CC1CNCCO1)Nc1ccn(-c2ccc(Cl)c(Cl)c2)n1. The zero-order valence-corrected chi connectivity index (χ0v) is 13.8. The van der Waals surface area contributed by atoms with Crippen LogP contribution in [0.15, 0.2) is 30.5 Å². The molecule has 1 amide bonds. The maximum absolute atomic E-state index is 12.0. The monoisotopic (exact) mass is 354 g/mol. The molecule has 23 heavy (non-hydrogen) atoms. The van der Waals surface area contributed by atoms with Crippen LogP contribution in [0.1, 0.15) is 6.42 Å². The van der Waals surface area contributed by atoms with Crippen molar-refractivity contribution in [2.45, 2.75) is 12.5 Å². The Kier molecular flexibility index (Phi) is 5.17. The van der Waals surface area contributed by atoms with E-state index in [-0.39, 0.29) is 12.0 Å². The van der Waals surface area contributed by atoms with Crippen molar-refractivity contribution < 1.29 is 9.53 Å². The quantitative estimate of drug-likeness (QED) is 0.884. The summed E-state index contributed by atoms with van der Waals surface area (Å²) in [5.74, 6) is 0.350. The number of aromatic nitrogens is 2. The van der Waals surface area contributed by atoms with Crippen LogP contribution in [-0.2, 0) is 9.53 Å². The molecule has 0 radical (unpaired) electrons. The molecular formula is C15H16Cl2N4O2. The second-order valence-corrected chi connectivity index (χ2v) is 6.01. The fraction of sp³-hybridized carbons (Fsp3) is 0.333. The molecule has 122 valence electrons. The number of halogens is 2. The molecule has 8 heteroatoms. The highest BCUT2D eigenvalue weighted by atomic mass is 35.5. The number of hydrogen-bond donors (Lipinski definition) is 2. The van der Waals surface area contributed by atoms with Crippen LogP contribution in [0.4, 0.5) is 5.82 Å². The van der Waals surface area contributed by atoms with Gasteiger partial charge in [-0.3, -0.25) is 4.79 Å². The molecule has 2 N–H and O–H groups in total. The zero-order chi connectivity index (χ0) is 16.2. The van der Waals surface area contributed by atoms with Gasteiger partial charge in [0.25, 0.3) is 0 Å². The Morgan fingerprint density at radius 2 is 2.26 bits per heavy atom. The summed E-state index contributed by atoms with van der Waals surface area (Å²) < 4.78 is 7.13. The van der Waals surface area contributed by atoms with Crippen LogP contribution in [0.2, 0.25) is 10.0 Å². The van der Waals surface area contributed by atoms with E-state index in [1.165, 1.54) is 0 Å². The van der Waals surface area contributed by atoms with Crippen LogP contribution in [-0.4, -0.2) is 41.5 Å². The second kappa shape index (κ2) is 7.31. The normalized spacial score (nSPS) is 17.9. The Balaban J connectivity index is 1.62. The van der Waals surface area contributed by atoms with Crippen LogP contribution in [0, 0.1) is 0 Å². The van der Waals surface area contributed by atoms with Gasteiger partial charge in [-0.25, -0.2) is 4.68 Å². The van der Waals surface area contributed by atoms with Gasteiger partial charge in [0.15, 0.2) is 5.82 Å². The molecule has 0 spiro atoms. The molecule has 2 aromatic rings. The number of carbonyl (C=O) groups excluding carboxylic acids is 1. The smallest absolute Gasteiger partial charge is 0.228 e. The first-order valence-corrected chi connectivity index (χ1v) is 8.01. The number of amides is 1. The Morgan fingerprint density at radius 3 is 3.00 bits per heavy atom. The first-order chi connectivity index (χ1) is 11.1. The average molecular weight is 355 g/mol. The van der Waals surface area contributed by atoms with Crippen molar-refractivity contribution in [1.82, 2.24) is 15.1 Å². The van der Waals surface area contributed by atoms with E-state index in [0.29, 0.717) is 35.4 Å². The van der Waals surface area contributed by atoms with Gasteiger partial charge in [-0.15, -0.1) is 0 Å². The third-order valence-electron chi connectivity index (χ3n) is 3.44. The molecule has 0 aliphatic carbocycles. The van der Waals surface area contributed by atoms with Crippen LogP contribution in [0.5, 0.6) is 0 Å². The topological polar surface area (TPSA) is 68.2 Å². The zero-order valence-electron chi connectivity index (χ0n) is 12.3. The number of nitrogens with zero attached hydrogens (tertiary/aromatic N) is 2. The molecule has 1 aromatic heterocycles. The standard InChI is InChI=1S/C15H16Cl2N4O2/c16-12-2-1-10(7-13(12)17)21-5-3-14(20-21)19-15(22)8-11-9-18-4-6-23-11/h1-3,5,7,11,18H,4,6,8-9H2,(H,19,20,22). The summed E-state index contributed by atoms with van der Waals surface area (Å²) in [6, 6.07) is 6.94. The maximum Gasteiger partial charge on any atom is 0.228 e. The number of benzene rings is 1. The molecule has 1 saturated heterocycles. The van der Waals surface area contributed by atoms with E-state index in [9.17, 15) is 4.79 Å². The van der Waals surface area contributed by atoms with Gasteiger partial charge in [0.1, 0.15) is 0 Å². The Hall–Kier alpha value is -1.60. The van der Waals surface area contributed by atoms with E-state index in [4.69, 9.17) is 27.9 Å². The minimum Gasteiger partial charge on any atom is -0.375 e. The fourth-order valence-corrected chi connectivity index (χ4v) is 2.61. The molecule has 1 aliphatic rings. The lowest BCUT2D eigenvalue weighted by Crippen LogP contribution is -2.40. The van der Waals surface area contributed by atoms with Gasteiger partial charge in [-0.1, -0.05) is 23.2 Å². The number of carbonyl (C=O) groups is 1. The van der Waals surface area contributed by atoms with Crippen molar-refractivity contribution in [3.8, 4) is 5.69 Å². The van der Waals surface area contributed by atoms with E-state index in [1.807, 2.05) is 0 Å². The van der Waals surface area contributed by atoms with Crippen molar-refractivity contribution >= 4 is 34.9 Å². The minimum atomic E-state index is -0.127. The molecule has 3 rings (SSSR count). The third-order valence-corrected chi connectivity index (χ3v) is 4.18. The molecular weight excluding hydrogens is 339 g/mol. The van der Waals surface area contributed by atoms with E-state index >= 15 is 0 Å². The van der Waals surface area contributed by atoms with Crippen molar-refractivity contribution in [1.29, 1.82) is 0 Å². The average Bonchev–Trinajstić information content (AvgIpc) is 2.99. The number of nitrogens with one attached hydrogen (secondary N) is 2. The molecule has 1 atom stereocenters. The number of anilines is 1. The van der Waals surface area contributed by atoms with Crippen LogP contribution >= 0.6 is 23.2 Å². The van der Waals surface area contributed by atoms with Gasteiger partial charge in [0.2, 0.25) is 5.91 Å². The van der Waals surface area contributed by atoms with E-state index in [0.717, 1.165) is 12.2 Å². The molecule has 0 saturated carbocycles. The lowest BCUT2D eigenvalue weighted by Gasteiger charge is -2.22. The lowest BCUT2D eigenvalue weighted by molar-refractivity contribution is -0.119. The van der Waals surface area contributed by atoms with E-state index < -0.39 is 0 Å². The Bertz CT molecular complexity index is 699. The maximum atomic E-state index is 12.0. The van der Waals surface area contributed by atoms with Crippen molar-refractivity contribution in [3.63, 3.8) is 0 Å². The summed E-state index contributed by atoms with van der Waals surface area (Å²) in [7, 11) is 0. The molecule has 2 heterocycles. The first kappa shape index (κ1) is 16.3. The lowest BCUT2D eigenvalue weighted by atomic mass is 10.2. The highest BCUT2D eigenvalue weighted by molar-refractivity contribution is 6.42. The predicted octanol–water partition coefficient (Wildman–Crippen LogP) is 2.50. The number of morpholine rings is 1. The number of hydrogen-bond acceptors (Lipinski definition) is 4. The molecule has 1 unspecified atom stereocenters. The Morgan fingerprint density at radius 1 is 1.39 bits per heavy atom. The highest BCUT2D eigenvalue weighted by Crippen LogP contribution is 2.24. The van der Waals surface area contributed by atoms with E-state index in [2.05, 4.69) is 15.7 Å². The van der Waals surface area contributed by atoms with Crippen LogP contribution in [0.3, 0.4) is 0 Å². The minimum absolute atomic E-state index is 0.0964. The molecule has 1 fully saturated rings. The molecule has 1 aromatic carbocycles. The van der Waals surface area contributed by atoms with Gasteiger partial charge in [0.05, 0.1) is 34.9 Å². The molecule has 0 bridgehead atoms. The van der Waals surface area contributed by atoms with Crippen molar-refractivity contribution in [3.05, 3.63) is 40.5 Å². The summed E-state index contributed by atoms with van der Waals surface area (Å²) in [5, 5.41) is 11.2. The summed E-state index contributed by atoms with van der Waals surface area (Å²) in [4.78, 5) is 12.0. The fourth-order valence-electron chi connectivity index (χ4n) is 2.31. The first-order valence-electron chi connectivity index (χ1n) is 7.25. The highest BCUT2D eigenvalue weighted by Gasteiger charge is 2.18. The molecule has 1 aliphatic heterocycles. The van der Waals surface area contributed by atoms with Gasteiger partial charge in [0, 0.05) is 25.4 Å². The van der Waals surface area contributed by atoms with E-state index in [1.54, 1.807) is 35.1 Å². The molecule has 6 nitrogen and oxygen atoms in total. The third kappa shape index (κ3) is 4.23. The summed E-state index contributed by atoms with van der Waals surface area (Å²) in [5.41, 5.74) is 0.764. The predicted molar refractivity (Wildman–Crippen MR) is 89.4 cm³/mol. The van der Waals surface area contributed by atoms with Gasteiger partial charge in [-0.2, -0.15) is 5.10 Å². The van der Waals surface area contributed by atoms with Crippen molar-refractivity contribution in [2.75, 3.05) is 25.0 Å². The Labute approximate surface area is 143 Å². The van der Waals surface area contributed by atoms with Gasteiger partial charge < -0.3 is 15.4 Å². The van der Waals surface area contributed by atoms with Crippen LogP contribution in [0.25, 0.3) is 5.69 Å². The summed E-state index contributed by atoms with van der Waals surface area (Å²) in [6.45, 7) is 2.14. The van der Waals surface area contributed by atoms with Crippen LogP contribution < -0.4 is 10.6 Å². The van der Waals surface area contributed by atoms with Gasteiger partial charge in [-0.05, 0) is 18.2 Å². The largest absolute Gasteiger partial charge is 0.375 e. The summed E-state index contributed by atoms with van der Waals surface area (Å²) in [6.07, 6.45) is 1.95.